The Morgan fingerprint density at radius 2 is 1.10 bits per heavy atom. The summed E-state index contributed by atoms with van der Waals surface area (Å²) in [4.78, 5) is 100. The summed E-state index contributed by atoms with van der Waals surface area (Å²) >= 11 is 4.64. The van der Waals surface area contributed by atoms with Gasteiger partial charge in [0.15, 0.2) is 11.7 Å². The third kappa shape index (κ3) is 28.9. The quantitative estimate of drug-likeness (QED) is 0.168. The molecule has 3 fully saturated rings. The number of hydrogen-bond donors (Lipinski definition) is 6. The minimum Gasteiger partial charge on any atom is -0.444 e. The molecule has 7 N–H and O–H groups in total. The number of β-amino-alcohol motifs (C(OH)–C–C–N with tert-alkyl or cyclic N) is 2. The number of aliphatic hydroxyl groups is 2. The van der Waals surface area contributed by atoms with E-state index in [1.807, 2.05) is 62.3 Å². The van der Waals surface area contributed by atoms with Crippen molar-refractivity contribution in [1.29, 1.82) is 0 Å². The molecule has 2 aromatic heterocycles. The largest absolute Gasteiger partial charge is 0.444 e. The number of hydrogen-bond acceptors (Lipinski definition) is 19. The summed E-state index contributed by atoms with van der Waals surface area (Å²) in [5.74, 6) is 2.11. The number of nitrogens with one attached hydrogen (secondary N) is 3. The molecule has 0 aromatic carbocycles. The number of fused-ring (bicyclic) bond motifs is 2. The zero-order valence-corrected chi connectivity index (χ0v) is 52.1. The first-order valence-electron chi connectivity index (χ1n) is 27.6. The van der Waals surface area contributed by atoms with Crippen LogP contribution in [-0.4, -0.2) is 194 Å². The van der Waals surface area contributed by atoms with Crippen molar-refractivity contribution in [2.45, 2.75) is 216 Å². The number of amides is 6. The van der Waals surface area contributed by atoms with E-state index in [4.69, 9.17) is 33.5 Å². The van der Waals surface area contributed by atoms with Gasteiger partial charge in [0.1, 0.15) is 22.6 Å². The van der Waals surface area contributed by atoms with E-state index < -0.39 is 52.8 Å². The van der Waals surface area contributed by atoms with E-state index in [0.717, 1.165) is 54.7 Å². The third-order valence-electron chi connectivity index (χ3n) is 11.7. The molecular formula is C55H93BClN9O16. The molecule has 7 heterocycles. The van der Waals surface area contributed by atoms with Crippen LogP contribution in [0, 0.1) is 13.8 Å². The van der Waals surface area contributed by atoms with Gasteiger partial charge in [-0.3, -0.25) is 19.2 Å². The molecule has 0 spiro atoms. The van der Waals surface area contributed by atoms with Crippen molar-refractivity contribution in [2.24, 2.45) is 5.73 Å². The molecule has 7 rings (SSSR count). The van der Waals surface area contributed by atoms with Crippen LogP contribution < -0.4 is 21.7 Å². The molecule has 27 heteroatoms. The number of rotatable bonds is 2. The Kier molecular flexibility index (Phi) is 28.5. The van der Waals surface area contributed by atoms with Crippen molar-refractivity contribution in [3.63, 3.8) is 0 Å². The molecule has 5 aliphatic heterocycles. The van der Waals surface area contributed by atoms with Gasteiger partial charge in [-0.25, -0.2) is 19.4 Å². The molecule has 0 bridgehead atoms. The standard InChI is InChI=1S/C12H18BNO3.C12H22N2O4.C12H20N2O4.C10H20N2O3.C7H10N2O.C2H3ClO/c1-8-13-9-5-6-14(7-10(9)16-8)11(15)17-12(2,3)4;2*1-8(15)13-9-5-6-14(7-10(9)16)11(17)18-12(2,3)4;1-10(2,3)15-9(14)12-5-4-7(11)8(13)6-12;1-5-9-6-2-3-8-4-7(6)10-5;1-2(3)4/h5-7H2,1-4H3;9-10,16H,5-7H2,1-4H3,(H,13,15);9H,5-7H2,1-4H3,(H,13,15);7-8,13H,4-6,11H2,1-3H3;8H,2-4H2,1H3;1H3/t;9-,10-;;7-,8-;;/m.0.0../s1. The van der Waals surface area contributed by atoms with Crippen molar-refractivity contribution in [2.75, 3.05) is 52.4 Å². The van der Waals surface area contributed by atoms with Crippen molar-refractivity contribution < 1.29 is 76.4 Å². The average Bonchev–Trinajstić information content (AvgIpc) is 4.05. The SMILES string of the molecule is CC(=O)Cl.CC(=O)NC1CCN(C(=O)OC(C)(C)C)CC1=O.CC(=O)N[C@H]1CCN(C(=O)OC(C)(C)C)C[C@@H]1O.CC(C)(C)OC(=O)N1CC[C@H](N)[C@@H](O)C1.Cc1bc2c(o1)CN(C(=O)OC(C)(C)C)CC2.Cc1nc2c(o1)CNCC2. The number of piperidine rings is 3. The maximum Gasteiger partial charge on any atom is 0.191 e. The normalized spacial score (nSPS) is 20.5. The predicted molar refractivity (Wildman–Crippen MR) is 306 cm³/mol. The van der Waals surface area contributed by atoms with Crippen LogP contribution in [0.25, 0.3) is 0 Å². The van der Waals surface area contributed by atoms with Gasteiger partial charge in [-0.05, 0) is 93.2 Å². The third-order valence-corrected chi connectivity index (χ3v) is 11.7. The maximum absolute atomic E-state index is 11.9. The summed E-state index contributed by atoms with van der Waals surface area (Å²) < 4.78 is 31.9. The van der Waals surface area contributed by atoms with E-state index in [2.05, 4.69) is 32.5 Å². The molecule has 0 aliphatic carbocycles. The first-order valence-corrected chi connectivity index (χ1v) is 28.0. The van der Waals surface area contributed by atoms with Crippen molar-refractivity contribution in [3.8, 4) is 0 Å². The van der Waals surface area contributed by atoms with Gasteiger partial charge < -0.3 is 65.2 Å². The average molecular weight is 1180 g/mol. The summed E-state index contributed by atoms with van der Waals surface area (Å²) in [6.07, 6.45) is 0.448. The number of likely N-dealkylation sites (tertiary alicyclic amines) is 3. The van der Waals surface area contributed by atoms with Gasteiger partial charge in [-0.15, -0.1) is 0 Å². The zero-order chi connectivity index (χ0) is 62.7. The number of ketones is 1. The Balaban J connectivity index is 0.000000347. The number of nitrogens with two attached hydrogens (primary N) is 1. The molecule has 0 radical (unpaired) electrons. The topological polar surface area (TPSA) is 328 Å². The summed E-state index contributed by atoms with van der Waals surface area (Å²) in [5.41, 5.74) is 6.82. The van der Waals surface area contributed by atoms with Crippen LogP contribution in [-0.2, 0) is 64.1 Å². The van der Waals surface area contributed by atoms with Crippen LogP contribution in [0.1, 0.15) is 157 Å². The molecule has 2 aromatic rings. The second kappa shape index (κ2) is 32.3. The van der Waals surface area contributed by atoms with Crippen LogP contribution in [0.4, 0.5) is 19.2 Å². The number of carbonyl (C=O) groups excluding carboxylic acids is 8. The Morgan fingerprint density at radius 3 is 1.54 bits per heavy atom. The Hall–Kier alpha value is -5.83. The number of halogens is 1. The summed E-state index contributed by atoms with van der Waals surface area (Å²) in [6.45, 7) is 36.6. The van der Waals surface area contributed by atoms with Gasteiger partial charge in [0, 0.05) is 66.3 Å². The number of aromatic nitrogens is 1. The van der Waals surface area contributed by atoms with E-state index in [0.29, 0.717) is 52.0 Å². The first-order chi connectivity index (χ1) is 37.6. The van der Waals surface area contributed by atoms with E-state index in [-0.39, 0.29) is 66.7 Å². The van der Waals surface area contributed by atoms with Crippen LogP contribution in [0.5, 0.6) is 0 Å². The van der Waals surface area contributed by atoms with Gasteiger partial charge in [-0.2, -0.15) is 0 Å². The fourth-order valence-electron chi connectivity index (χ4n) is 8.20. The van der Waals surface area contributed by atoms with Gasteiger partial charge in [0.05, 0.1) is 56.2 Å². The Labute approximate surface area is 488 Å². The molecule has 0 saturated carbocycles. The van der Waals surface area contributed by atoms with Gasteiger partial charge in [0.25, 0.3) is 0 Å². The Morgan fingerprint density at radius 1 is 0.646 bits per heavy atom. The van der Waals surface area contributed by atoms with Crippen molar-refractivity contribution in [3.05, 3.63) is 34.2 Å². The number of ether oxygens (including phenoxy) is 4. The number of nitrogens with zero attached hydrogens (tertiary/aromatic N) is 5. The van der Waals surface area contributed by atoms with Gasteiger partial charge in [0.2, 0.25) is 17.1 Å². The second-order valence-corrected chi connectivity index (χ2v) is 24.9. The number of carbonyl (C=O) groups is 8. The van der Waals surface area contributed by atoms with E-state index >= 15 is 0 Å². The summed E-state index contributed by atoms with van der Waals surface area (Å²) in [5, 5.41) is 27.5. The maximum atomic E-state index is 11.9. The summed E-state index contributed by atoms with van der Waals surface area (Å²) in [6, 6.07) is -1.01. The van der Waals surface area contributed by atoms with Crippen LogP contribution >= 0.6 is 11.6 Å². The minimum atomic E-state index is -0.754. The molecule has 6 amide bonds. The number of aryl methyl sites for hydroxylation is 2. The number of oxazole rings is 1. The number of Topliss-reactive ketones (excluding diaryl/α,β-unsaturated/α-hetero) is 1. The predicted octanol–water partition coefficient (Wildman–Crippen LogP) is 5.13. The molecule has 5 aliphatic rings. The molecule has 464 valence electrons. The smallest absolute Gasteiger partial charge is 0.191 e. The van der Waals surface area contributed by atoms with Gasteiger partial charge in [-0.1, -0.05) is 0 Å². The molecular weight excluding hydrogens is 1090 g/mol. The fraction of sp³-hybridized carbons (Fsp3) is 0.745. The van der Waals surface area contributed by atoms with E-state index in [9.17, 15) is 48.6 Å². The zero-order valence-electron chi connectivity index (χ0n) is 51.4. The van der Waals surface area contributed by atoms with Crippen LogP contribution in [0.15, 0.2) is 8.83 Å². The molecule has 25 nitrogen and oxygen atoms in total. The summed E-state index contributed by atoms with van der Waals surface area (Å²) in [7, 11) is 0. The molecule has 82 heavy (non-hydrogen) atoms. The second-order valence-electron chi connectivity index (χ2n) is 24.4. The van der Waals surface area contributed by atoms with Crippen molar-refractivity contribution in [1.82, 2.24) is 40.5 Å². The van der Waals surface area contributed by atoms with E-state index in [1.54, 1.807) is 46.4 Å². The first kappa shape index (κ1) is 72.3. The molecule has 1 unspecified atom stereocenters. The van der Waals surface area contributed by atoms with Crippen LogP contribution in [0.3, 0.4) is 0 Å². The molecule has 5 atom stereocenters. The number of aliphatic hydroxyl groups excluding tert-OH is 2. The fourth-order valence-corrected chi connectivity index (χ4v) is 8.20. The van der Waals surface area contributed by atoms with E-state index in [1.165, 1.54) is 40.9 Å². The van der Waals surface area contributed by atoms with Gasteiger partial charge >= 0.3 is 120 Å². The molecule has 3 saturated heterocycles. The minimum absolute atomic E-state index is 0.0140. The monoisotopic (exact) mass is 1180 g/mol. The Bertz CT molecular complexity index is 2420. The van der Waals surface area contributed by atoms with Crippen LogP contribution in [0.2, 0.25) is 0 Å². The van der Waals surface area contributed by atoms with Crippen molar-refractivity contribution >= 4 is 65.7 Å².